The van der Waals surface area contributed by atoms with Crippen LogP contribution < -0.4 is 5.73 Å². The number of hydrogen-bond donors (Lipinski definition) is 3. The van der Waals surface area contributed by atoms with Gasteiger partial charge in [-0.15, -0.1) is 4.52 Å². The average molecular weight is 278 g/mol. The maximum Gasteiger partial charge on any atom is 0.593 e. The number of hydrogen-bond acceptors (Lipinski definition) is 5. The first-order chi connectivity index (χ1) is 6.31. The van der Waals surface area contributed by atoms with Crippen molar-refractivity contribution in [2.45, 2.75) is 6.42 Å². The molecule has 0 aliphatic heterocycles. The molecule has 0 rings (SSSR count). The van der Waals surface area contributed by atoms with Gasteiger partial charge >= 0.3 is 14.8 Å². The summed E-state index contributed by atoms with van der Waals surface area (Å²) in [4.78, 5) is 16.9. The second-order valence-electron chi connectivity index (χ2n) is 2.21. The average Bonchev–Trinajstić information content (AvgIpc) is 1.95. The highest BCUT2D eigenvalue weighted by atomic mass is 32.7. The molecule has 14 heavy (non-hydrogen) atoms. The van der Waals surface area contributed by atoms with E-state index in [0.29, 0.717) is 11.4 Å². The summed E-state index contributed by atoms with van der Waals surface area (Å²) in [6, 6.07) is 0. The first kappa shape index (κ1) is 14.5. The standard InChI is InChI=1S/C4H9NO5P2S2/c5-4(13)14-11(6)10-2-1-3-12(7,8)9/h1-3H2,(H3-,5,7,8,9,13)/p+1. The van der Waals surface area contributed by atoms with Gasteiger partial charge in [-0.05, 0) is 23.2 Å². The van der Waals surface area contributed by atoms with Gasteiger partial charge < -0.3 is 15.5 Å². The van der Waals surface area contributed by atoms with Gasteiger partial charge in [0, 0.05) is 0 Å². The lowest BCUT2D eigenvalue weighted by Gasteiger charge is -1.99. The van der Waals surface area contributed by atoms with Crippen molar-refractivity contribution in [2.24, 2.45) is 5.73 Å². The minimum Gasteiger partial charge on any atom is -0.381 e. The molecular weight excluding hydrogens is 268 g/mol. The molecular formula is C4H10NO5P2S2+. The van der Waals surface area contributed by atoms with Crippen molar-refractivity contribution in [3.8, 4) is 0 Å². The van der Waals surface area contributed by atoms with E-state index in [1.165, 1.54) is 0 Å². The van der Waals surface area contributed by atoms with Crippen LogP contribution in [0.5, 0.6) is 0 Å². The summed E-state index contributed by atoms with van der Waals surface area (Å²) in [6.45, 7) is 0.00985. The van der Waals surface area contributed by atoms with Crippen LogP contribution in [0.2, 0.25) is 0 Å². The van der Waals surface area contributed by atoms with Gasteiger partial charge in [-0.2, -0.15) is 0 Å². The Labute approximate surface area is 91.4 Å². The Kier molecular flexibility index (Phi) is 7.07. The van der Waals surface area contributed by atoms with E-state index in [-0.39, 0.29) is 23.5 Å². The molecule has 10 heteroatoms. The van der Waals surface area contributed by atoms with E-state index in [9.17, 15) is 9.13 Å². The molecule has 0 saturated carbocycles. The zero-order valence-electron chi connectivity index (χ0n) is 7.03. The zero-order valence-corrected chi connectivity index (χ0v) is 10.5. The van der Waals surface area contributed by atoms with E-state index >= 15 is 0 Å². The van der Waals surface area contributed by atoms with Crippen LogP contribution in [0, 0.1) is 0 Å². The Morgan fingerprint density at radius 2 is 2.21 bits per heavy atom. The zero-order chi connectivity index (χ0) is 11.2. The minimum absolute atomic E-state index is 0.00985. The van der Waals surface area contributed by atoms with Crippen LogP contribution in [-0.2, 0) is 13.7 Å². The molecule has 1 atom stereocenters. The number of thiocarbonyl (C=S) groups is 1. The summed E-state index contributed by atoms with van der Waals surface area (Å²) in [5.74, 6) is 0. The molecule has 0 fully saturated rings. The van der Waals surface area contributed by atoms with Crippen LogP contribution in [0.4, 0.5) is 0 Å². The molecule has 0 aromatic rings. The first-order valence-electron chi connectivity index (χ1n) is 3.43. The summed E-state index contributed by atoms with van der Waals surface area (Å²) in [5, 5.41) is 0. The Bertz CT molecular complexity index is 266. The molecule has 0 aliphatic rings. The van der Waals surface area contributed by atoms with Crippen LogP contribution in [-0.4, -0.2) is 26.9 Å². The van der Waals surface area contributed by atoms with E-state index < -0.39 is 14.8 Å². The molecule has 0 saturated heterocycles. The van der Waals surface area contributed by atoms with Crippen molar-refractivity contribution in [1.82, 2.24) is 0 Å². The third-order valence-corrected chi connectivity index (χ3v) is 4.55. The van der Waals surface area contributed by atoms with Crippen LogP contribution in [0.15, 0.2) is 0 Å². The number of nitrogens with two attached hydrogens (primary N) is 1. The van der Waals surface area contributed by atoms with E-state index in [4.69, 9.17) is 20.0 Å². The predicted octanol–water partition coefficient (Wildman–Crippen LogP) is 1.20. The van der Waals surface area contributed by atoms with Gasteiger partial charge in [0.1, 0.15) is 6.61 Å². The molecule has 0 bridgehead atoms. The molecule has 4 N–H and O–H groups in total. The minimum atomic E-state index is -3.99. The van der Waals surface area contributed by atoms with Crippen LogP contribution in [0.25, 0.3) is 0 Å². The molecule has 82 valence electrons. The van der Waals surface area contributed by atoms with Gasteiger partial charge in [0.05, 0.1) is 6.16 Å². The van der Waals surface area contributed by atoms with Gasteiger partial charge in [0.25, 0.3) is 0 Å². The topological polar surface area (TPSA) is 110 Å². The van der Waals surface area contributed by atoms with E-state index in [2.05, 4.69) is 12.2 Å². The summed E-state index contributed by atoms with van der Waals surface area (Å²) < 4.78 is 26.0. The summed E-state index contributed by atoms with van der Waals surface area (Å²) in [6.07, 6.45) is -0.142. The third kappa shape index (κ3) is 10.5. The molecule has 0 aliphatic carbocycles. The second kappa shape index (κ2) is 6.85. The molecule has 0 aromatic heterocycles. The molecule has 1 unspecified atom stereocenters. The van der Waals surface area contributed by atoms with Crippen LogP contribution in [0.3, 0.4) is 0 Å². The monoisotopic (exact) mass is 278 g/mol. The highest BCUT2D eigenvalue weighted by Gasteiger charge is 2.22. The van der Waals surface area contributed by atoms with Crippen molar-refractivity contribution in [1.29, 1.82) is 0 Å². The van der Waals surface area contributed by atoms with Gasteiger partial charge in [0.15, 0.2) is 4.32 Å². The van der Waals surface area contributed by atoms with Gasteiger partial charge in [-0.1, -0.05) is 0 Å². The third-order valence-electron chi connectivity index (χ3n) is 0.955. The lowest BCUT2D eigenvalue weighted by Crippen LogP contribution is -2.00. The summed E-state index contributed by atoms with van der Waals surface area (Å²) in [7, 11) is -6.01. The van der Waals surface area contributed by atoms with Gasteiger partial charge in [-0.3, -0.25) is 4.57 Å². The summed E-state index contributed by atoms with van der Waals surface area (Å²) in [5.41, 5.74) is 5.07. The fourth-order valence-electron chi connectivity index (χ4n) is 0.509. The Morgan fingerprint density at radius 3 is 2.64 bits per heavy atom. The Hall–Kier alpha value is 0.450. The SMILES string of the molecule is NC(=S)S[P+](=O)OCCCP(=O)(O)O. The molecule has 6 nitrogen and oxygen atoms in total. The fraction of sp³-hybridized carbons (Fsp3) is 0.750. The van der Waals surface area contributed by atoms with Gasteiger partial charge in [0.2, 0.25) is 11.4 Å². The lowest BCUT2D eigenvalue weighted by atomic mass is 10.5. The van der Waals surface area contributed by atoms with Crippen LogP contribution in [0.1, 0.15) is 6.42 Å². The Morgan fingerprint density at radius 1 is 1.64 bits per heavy atom. The van der Waals surface area contributed by atoms with Crippen molar-refractivity contribution >= 4 is 42.7 Å². The largest absolute Gasteiger partial charge is 0.593 e. The van der Waals surface area contributed by atoms with Crippen molar-refractivity contribution in [3.63, 3.8) is 0 Å². The molecule has 0 aromatic carbocycles. The summed E-state index contributed by atoms with van der Waals surface area (Å²) >= 11 is 5.18. The van der Waals surface area contributed by atoms with Crippen molar-refractivity contribution in [3.05, 3.63) is 0 Å². The second-order valence-corrected chi connectivity index (χ2v) is 7.45. The lowest BCUT2D eigenvalue weighted by molar-refractivity contribution is 0.326. The highest BCUT2D eigenvalue weighted by Crippen LogP contribution is 2.40. The first-order valence-corrected chi connectivity index (χ1v) is 8.24. The quantitative estimate of drug-likeness (QED) is 0.378. The predicted molar refractivity (Wildman–Crippen MR) is 59.5 cm³/mol. The Balaban J connectivity index is 3.51. The van der Waals surface area contributed by atoms with Crippen molar-refractivity contribution in [2.75, 3.05) is 12.8 Å². The number of rotatable bonds is 6. The highest BCUT2D eigenvalue weighted by molar-refractivity contribution is 8.61. The molecule has 0 amide bonds. The van der Waals surface area contributed by atoms with Gasteiger partial charge in [-0.25, -0.2) is 0 Å². The molecule has 0 spiro atoms. The van der Waals surface area contributed by atoms with Crippen LogP contribution >= 0.6 is 38.4 Å². The van der Waals surface area contributed by atoms with E-state index in [1.54, 1.807) is 0 Å². The van der Waals surface area contributed by atoms with E-state index in [1.807, 2.05) is 0 Å². The smallest absolute Gasteiger partial charge is 0.381 e. The fourth-order valence-corrected chi connectivity index (χ4v) is 2.90. The maximum absolute atomic E-state index is 10.9. The van der Waals surface area contributed by atoms with Crippen molar-refractivity contribution < 1.29 is 23.4 Å². The molecule has 0 heterocycles. The van der Waals surface area contributed by atoms with E-state index in [0.717, 1.165) is 0 Å². The normalized spacial score (nSPS) is 12.6. The molecule has 0 radical (unpaired) electrons. The maximum atomic E-state index is 10.9.